The summed E-state index contributed by atoms with van der Waals surface area (Å²) in [6.07, 6.45) is 0.389. The fraction of sp³-hybridized carbons (Fsp3) is 0. The molecule has 0 aliphatic heterocycles. The van der Waals surface area contributed by atoms with E-state index >= 15 is 0 Å². The second-order valence-electron chi connectivity index (χ2n) is 2.06. The smallest absolute Gasteiger partial charge is 0.182 e. The van der Waals surface area contributed by atoms with Gasteiger partial charge in [0.25, 0.3) is 0 Å². The van der Waals surface area contributed by atoms with E-state index in [4.69, 9.17) is 9.59 Å². The van der Waals surface area contributed by atoms with Gasteiger partial charge in [-0.05, 0) is 0 Å². The SMILES string of the molecule is Fc1c2ccc-2c1F.O=CC=O. The van der Waals surface area contributed by atoms with Crippen LogP contribution in [0, 0.1) is 11.6 Å². The van der Waals surface area contributed by atoms with E-state index < -0.39 is 11.6 Å². The molecule has 0 saturated carbocycles. The Morgan fingerprint density at radius 1 is 0.917 bits per heavy atom. The second-order valence-corrected chi connectivity index (χ2v) is 2.06. The first-order valence-electron chi connectivity index (χ1n) is 3.09. The van der Waals surface area contributed by atoms with E-state index in [1.807, 2.05) is 0 Å². The van der Waals surface area contributed by atoms with Crippen molar-refractivity contribution < 1.29 is 18.4 Å². The average molecular weight is 170 g/mol. The Bertz CT molecular complexity index is 301. The monoisotopic (exact) mass is 170 g/mol. The first kappa shape index (κ1) is 8.52. The van der Waals surface area contributed by atoms with E-state index in [0.717, 1.165) is 0 Å². The summed E-state index contributed by atoms with van der Waals surface area (Å²) in [6.45, 7) is 0. The van der Waals surface area contributed by atoms with Gasteiger partial charge in [-0.3, -0.25) is 9.59 Å². The number of halogens is 2. The largest absolute Gasteiger partial charge is 0.295 e. The van der Waals surface area contributed by atoms with Crippen LogP contribution in [0.3, 0.4) is 0 Å². The lowest BCUT2D eigenvalue weighted by Crippen LogP contribution is -2.03. The zero-order chi connectivity index (χ0) is 9.14. The molecular formula is C8H4F2O2. The van der Waals surface area contributed by atoms with Crippen LogP contribution in [0.1, 0.15) is 0 Å². The van der Waals surface area contributed by atoms with Gasteiger partial charge in [0.2, 0.25) is 0 Å². The summed E-state index contributed by atoms with van der Waals surface area (Å²) in [5.41, 5.74) is 0.894. The number of carbonyl (C=O) groups excluding carboxylic acids is 2. The minimum atomic E-state index is -0.678. The maximum absolute atomic E-state index is 12.0. The van der Waals surface area contributed by atoms with E-state index in [9.17, 15) is 8.78 Å². The standard InChI is InChI=1S/C6H2F2.C2H2O2/c7-5-3-1-2-4(3)6(5)8;3-1-2-4/h1-2H;1-2H. The summed E-state index contributed by atoms with van der Waals surface area (Å²) in [5, 5.41) is 0. The van der Waals surface area contributed by atoms with Crippen molar-refractivity contribution in [2.75, 3.05) is 0 Å². The lowest BCUT2D eigenvalue weighted by atomic mass is 9.92. The highest BCUT2D eigenvalue weighted by Crippen LogP contribution is 2.38. The number of carbonyl (C=O) groups is 2. The molecule has 0 spiro atoms. The Balaban J connectivity index is 0.000000157. The van der Waals surface area contributed by atoms with Crippen molar-refractivity contribution in [1.82, 2.24) is 0 Å². The van der Waals surface area contributed by atoms with Crippen molar-refractivity contribution in [2.24, 2.45) is 0 Å². The Morgan fingerprint density at radius 3 is 1.33 bits per heavy atom. The van der Waals surface area contributed by atoms with Crippen molar-refractivity contribution in [3.8, 4) is 11.1 Å². The lowest BCUT2D eigenvalue weighted by Gasteiger charge is -2.16. The predicted octanol–water partition coefficient (Wildman–Crippen LogP) is 1.33. The molecule has 0 atom stereocenters. The number of rotatable bonds is 1. The molecule has 12 heavy (non-hydrogen) atoms. The van der Waals surface area contributed by atoms with Gasteiger partial charge in [-0.15, -0.1) is 0 Å². The Morgan fingerprint density at radius 2 is 1.25 bits per heavy atom. The minimum absolute atomic E-state index is 0.194. The van der Waals surface area contributed by atoms with Gasteiger partial charge in [0.1, 0.15) is 0 Å². The third kappa shape index (κ3) is 1.11. The van der Waals surface area contributed by atoms with Crippen LogP contribution in [0.15, 0.2) is 12.1 Å². The predicted molar refractivity (Wildman–Crippen MR) is 37.5 cm³/mol. The second kappa shape index (κ2) is 3.21. The number of hydrogen-bond donors (Lipinski definition) is 0. The molecule has 0 aromatic rings. The van der Waals surface area contributed by atoms with E-state index in [2.05, 4.69) is 0 Å². The molecule has 0 aromatic carbocycles. The van der Waals surface area contributed by atoms with Gasteiger partial charge >= 0.3 is 0 Å². The molecule has 0 unspecified atom stereocenters. The number of aldehydes is 2. The minimum Gasteiger partial charge on any atom is -0.295 e. The lowest BCUT2D eigenvalue weighted by molar-refractivity contribution is -0.122. The number of benzene rings is 1. The fourth-order valence-corrected chi connectivity index (χ4v) is 0.807. The summed E-state index contributed by atoms with van der Waals surface area (Å²) in [4.78, 5) is 17.6. The highest BCUT2D eigenvalue weighted by atomic mass is 19.2. The molecule has 62 valence electrons. The van der Waals surface area contributed by atoms with Crippen LogP contribution in [0.2, 0.25) is 0 Å². The van der Waals surface area contributed by atoms with Gasteiger partial charge in [0.05, 0.1) is 0 Å². The molecule has 0 heterocycles. The zero-order valence-electron chi connectivity index (χ0n) is 5.88. The molecule has 0 radical (unpaired) electrons. The van der Waals surface area contributed by atoms with Crippen LogP contribution < -0.4 is 0 Å². The molecule has 0 saturated heterocycles. The Hall–Kier alpha value is -1.58. The summed E-state index contributed by atoms with van der Waals surface area (Å²) in [5.74, 6) is -1.36. The molecule has 0 bridgehead atoms. The molecule has 0 fully saturated rings. The topological polar surface area (TPSA) is 34.1 Å². The summed E-state index contributed by atoms with van der Waals surface area (Å²) >= 11 is 0. The van der Waals surface area contributed by atoms with Crippen LogP contribution in [-0.2, 0) is 9.59 Å². The van der Waals surface area contributed by atoms with Crippen molar-refractivity contribution in [1.29, 1.82) is 0 Å². The first-order chi connectivity index (χ1) is 5.72. The average Bonchev–Trinajstić information content (AvgIpc) is 2.03. The molecule has 4 heteroatoms. The molecule has 0 aromatic heterocycles. The van der Waals surface area contributed by atoms with Crippen molar-refractivity contribution >= 4 is 12.6 Å². The first-order valence-corrected chi connectivity index (χ1v) is 3.09. The fourth-order valence-electron chi connectivity index (χ4n) is 0.807. The number of hydrogen-bond acceptors (Lipinski definition) is 2. The van der Waals surface area contributed by atoms with Crippen LogP contribution in [0.5, 0.6) is 0 Å². The summed E-state index contributed by atoms with van der Waals surface area (Å²) in [6, 6.07) is 3.13. The van der Waals surface area contributed by atoms with Crippen LogP contribution in [0.4, 0.5) is 8.78 Å². The zero-order valence-corrected chi connectivity index (χ0v) is 5.88. The van der Waals surface area contributed by atoms with Crippen molar-refractivity contribution in [2.45, 2.75) is 0 Å². The van der Waals surface area contributed by atoms with Crippen LogP contribution in [-0.4, -0.2) is 12.6 Å². The van der Waals surface area contributed by atoms with Crippen molar-refractivity contribution in [3.05, 3.63) is 23.8 Å². The molecule has 2 nitrogen and oxygen atoms in total. The van der Waals surface area contributed by atoms with Gasteiger partial charge in [-0.2, -0.15) is 0 Å². The molecule has 2 rings (SSSR count). The van der Waals surface area contributed by atoms with Gasteiger partial charge in [-0.25, -0.2) is 8.78 Å². The maximum atomic E-state index is 12.0. The van der Waals surface area contributed by atoms with E-state index in [1.165, 1.54) is 0 Å². The van der Waals surface area contributed by atoms with Crippen molar-refractivity contribution in [3.63, 3.8) is 0 Å². The highest BCUT2D eigenvalue weighted by Gasteiger charge is 2.25. The van der Waals surface area contributed by atoms with Gasteiger partial charge in [-0.1, -0.05) is 12.1 Å². The quantitative estimate of drug-likeness (QED) is 0.478. The summed E-state index contributed by atoms with van der Waals surface area (Å²) < 4.78 is 24.0. The molecule has 2 aliphatic carbocycles. The molecule has 0 N–H and O–H groups in total. The Labute approximate surface area is 66.8 Å². The molecule has 2 aliphatic rings. The van der Waals surface area contributed by atoms with E-state index in [1.54, 1.807) is 12.1 Å². The third-order valence-corrected chi connectivity index (χ3v) is 1.43. The third-order valence-electron chi connectivity index (χ3n) is 1.43. The molecular weight excluding hydrogens is 166 g/mol. The summed E-state index contributed by atoms with van der Waals surface area (Å²) in [7, 11) is 0. The van der Waals surface area contributed by atoms with Crippen LogP contribution in [0.25, 0.3) is 11.1 Å². The maximum Gasteiger partial charge on any atom is 0.182 e. The normalized spacial score (nSPS) is 9.50. The highest BCUT2D eigenvalue weighted by molar-refractivity contribution is 6.09. The van der Waals surface area contributed by atoms with Crippen LogP contribution >= 0.6 is 0 Å². The van der Waals surface area contributed by atoms with Gasteiger partial charge < -0.3 is 0 Å². The van der Waals surface area contributed by atoms with Gasteiger partial charge in [0, 0.05) is 11.1 Å². The molecule has 0 amide bonds. The van der Waals surface area contributed by atoms with E-state index in [0.29, 0.717) is 11.1 Å². The number of fused-ring (bicyclic) bond motifs is 1. The van der Waals surface area contributed by atoms with E-state index in [-0.39, 0.29) is 12.6 Å². The van der Waals surface area contributed by atoms with Gasteiger partial charge in [0.15, 0.2) is 24.2 Å². The Kier molecular flexibility index (Phi) is 2.28.